The summed E-state index contributed by atoms with van der Waals surface area (Å²) in [6, 6.07) is 15.0. The lowest BCUT2D eigenvalue weighted by Crippen LogP contribution is -2.39. The van der Waals surface area contributed by atoms with E-state index >= 15 is 0 Å². The fraction of sp³-hybridized carbons (Fsp3) is 0.432. The fourth-order valence-corrected chi connectivity index (χ4v) is 8.85. The van der Waals surface area contributed by atoms with Gasteiger partial charge in [-0.2, -0.15) is 0 Å². The Morgan fingerprint density at radius 2 is 1.66 bits per heavy atom. The Hall–Kier alpha value is -5.07. The molecular weight excluding hydrogens is 729 g/mol. The third kappa shape index (κ3) is 11.0. The molecule has 1 heterocycles. The Morgan fingerprint density at radius 3 is 2.36 bits per heavy atom. The number of carbonyl (C=O) groups is 5. The molecule has 3 amide bonds. The highest BCUT2D eigenvalue weighted by molar-refractivity contribution is 7.17. The predicted octanol–water partition coefficient (Wildman–Crippen LogP) is 7.47. The van der Waals surface area contributed by atoms with E-state index in [1.54, 1.807) is 23.1 Å². The van der Waals surface area contributed by atoms with Gasteiger partial charge in [0.2, 0.25) is 5.91 Å². The summed E-state index contributed by atoms with van der Waals surface area (Å²) in [6.45, 7) is 4.22. The maximum atomic E-state index is 13.9. The molecule has 296 valence electrons. The van der Waals surface area contributed by atoms with E-state index in [-0.39, 0.29) is 30.6 Å². The van der Waals surface area contributed by atoms with Gasteiger partial charge >= 0.3 is 11.9 Å². The van der Waals surface area contributed by atoms with Gasteiger partial charge in [-0.25, -0.2) is 4.79 Å². The Kier molecular flexibility index (Phi) is 13.9. The summed E-state index contributed by atoms with van der Waals surface area (Å²) in [5.74, 6) is -2.18. The molecule has 0 radical (unpaired) electrons. The van der Waals surface area contributed by atoms with Crippen LogP contribution in [0.1, 0.15) is 117 Å². The number of anilines is 1. The third-order valence-electron chi connectivity index (χ3n) is 10.9. The zero-order valence-corrected chi connectivity index (χ0v) is 32.9. The van der Waals surface area contributed by atoms with Gasteiger partial charge in [0.15, 0.2) is 0 Å². The second-order valence-corrected chi connectivity index (χ2v) is 16.1. The lowest BCUT2D eigenvalue weighted by Gasteiger charge is -2.27. The lowest BCUT2D eigenvalue weighted by atomic mass is 9.92. The molecule has 56 heavy (non-hydrogen) atoms. The molecule has 2 aromatic carbocycles. The van der Waals surface area contributed by atoms with Gasteiger partial charge in [-0.1, -0.05) is 36.4 Å². The van der Waals surface area contributed by atoms with Crippen LogP contribution < -0.4 is 10.6 Å². The number of allylic oxidation sites excluding steroid dienone is 3. The minimum absolute atomic E-state index is 0.00609. The monoisotopic (exact) mass is 780 g/mol. The number of nitrogens with zero attached hydrogens (tertiary/aromatic N) is 2. The second-order valence-electron chi connectivity index (χ2n) is 15.0. The number of carboxylic acids is 2. The molecule has 3 aliphatic rings. The average Bonchev–Trinajstić information content (AvgIpc) is 3.98. The van der Waals surface area contributed by atoms with Gasteiger partial charge in [-0.05, 0) is 124 Å². The number of aromatic carboxylic acids is 1. The quantitative estimate of drug-likeness (QED) is 0.0977. The lowest BCUT2D eigenvalue weighted by molar-refractivity contribution is -0.140. The van der Waals surface area contributed by atoms with Crippen LogP contribution in [-0.2, 0) is 35.4 Å². The molecule has 1 atom stereocenters. The zero-order valence-electron chi connectivity index (χ0n) is 32.1. The first-order chi connectivity index (χ1) is 27.1. The molecule has 0 bridgehead atoms. The smallest absolute Gasteiger partial charge is 0.335 e. The van der Waals surface area contributed by atoms with Gasteiger partial charge in [0, 0.05) is 54.8 Å². The summed E-state index contributed by atoms with van der Waals surface area (Å²) in [4.78, 5) is 67.6. The molecule has 0 saturated heterocycles. The van der Waals surface area contributed by atoms with Crippen molar-refractivity contribution in [3.8, 4) is 0 Å². The number of thiophene rings is 1. The topological polar surface area (TPSA) is 156 Å². The maximum absolute atomic E-state index is 13.9. The highest BCUT2D eigenvalue weighted by Gasteiger charge is 2.30. The number of likely N-dealkylation sites (N-methyl/N-ethyl adjacent to an activating group) is 1. The molecular formula is C44H52N4O7S. The third-order valence-corrected chi connectivity index (χ3v) is 12.1. The van der Waals surface area contributed by atoms with Crippen LogP contribution in [0, 0.1) is 5.92 Å². The van der Waals surface area contributed by atoms with Crippen LogP contribution in [0.4, 0.5) is 5.00 Å². The molecule has 1 saturated carbocycles. The van der Waals surface area contributed by atoms with E-state index in [9.17, 15) is 24.0 Å². The van der Waals surface area contributed by atoms with Crippen molar-refractivity contribution in [1.82, 2.24) is 15.1 Å². The molecule has 4 N–H and O–H groups in total. The van der Waals surface area contributed by atoms with E-state index in [1.165, 1.54) is 11.3 Å². The molecule has 1 aromatic heterocycles. The van der Waals surface area contributed by atoms with E-state index in [2.05, 4.69) is 27.7 Å². The van der Waals surface area contributed by atoms with Crippen molar-refractivity contribution in [1.29, 1.82) is 0 Å². The first-order valence-electron chi connectivity index (χ1n) is 19.9. The number of benzene rings is 2. The van der Waals surface area contributed by atoms with Gasteiger partial charge in [0.25, 0.3) is 11.8 Å². The molecule has 11 nitrogen and oxygen atoms in total. The number of carbonyl (C=O) groups excluding carboxylic acids is 3. The molecule has 3 aliphatic carbocycles. The van der Waals surface area contributed by atoms with E-state index in [4.69, 9.17) is 10.2 Å². The molecule has 3 aromatic rings. The summed E-state index contributed by atoms with van der Waals surface area (Å²) in [5, 5.41) is 24.9. The van der Waals surface area contributed by atoms with Crippen molar-refractivity contribution >= 4 is 46.0 Å². The van der Waals surface area contributed by atoms with E-state index in [0.717, 1.165) is 91.5 Å². The Bertz CT molecular complexity index is 1980. The second kappa shape index (κ2) is 19.2. The van der Waals surface area contributed by atoms with Crippen molar-refractivity contribution in [3.05, 3.63) is 111 Å². The van der Waals surface area contributed by atoms with Gasteiger partial charge in [0.05, 0.1) is 17.5 Å². The summed E-state index contributed by atoms with van der Waals surface area (Å²) in [5.41, 5.74) is 5.24. The summed E-state index contributed by atoms with van der Waals surface area (Å²) >= 11 is 1.50. The normalized spacial score (nSPS) is 16.2. The fourth-order valence-electron chi connectivity index (χ4n) is 7.57. The highest BCUT2D eigenvalue weighted by Crippen LogP contribution is 2.39. The van der Waals surface area contributed by atoms with Crippen LogP contribution in [0.15, 0.2) is 72.5 Å². The van der Waals surface area contributed by atoms with Crippen LogP contribution in [0.5, 0.6) is 0 Å². The van der Waals surface area contributed by atoms with E-state index < -0.39 is 11.9 Å². The van der Waals surface area contributed by atoms with Crippen LogP contribution in [0.3, 0.4) is 0 Å². The average molecular weight is 781 g/mol. The summed E-state index contributed by atoms with van der Waals surface area (Å²) in [6.07, 6.45) is 15.5. The number of fused-ring (bicyclic) bond motifs is 1. The van der Waals surface area contributed by atoms with Gasteiger partial charge in [-0.15, -0.1) is 11.3 Å². The molecule has 1 unspecified atom stereocenters. The number of hydrogen-bond acceptors (Lipinski definition) is 7. The molecule has 0 aliphatic heterocycles. The summed E-state index contributed by atoms with van der Waals surface area (Å²) < 4.78 is 0. The Morgan fingerprint density at radius 1 is 0.875 bits per heavy atom. The molecule has 1 fully saturated rings. The van der Waals surface area contributed by atoms with E-state index in [0.29, 0.717) is 59.8 Å². The maximum Gasteiger partial charge on any atom is 0.335 e. The van der Waals surface area contributed by atoms with Crippen molar-refractivity contribution < 1.29 is 34.2 Å². The zero-order chi connectivity index (χ0) is 39.6. The van der Waals surface area contributed by atoms with Crippen LogP contribution >= 0.6 is 11.3 Å². The number of nitrogens with one attached hydrogen (secondary N) is 2. The van der Waals surface area contributed by atoms with Crippen molar-refractivity contribution in [2.75, 3.05) is 25.0 Å². The van der Waals surface area contributed by atoms with E-state index in [1.807, 2.05) is 43.3 Å². The van der Waals surface area contributed by atoms with Crippen LogP contribution in [0.2, 0.25) is 0 Å². The van der Waals surface area contributed by atoms with Crippen molar-refractivity contribution in [3.63, 3.8) is 0 Å². The first kappa shape index (κ1) is 40.6. The molecule has 0 spiro atoms. The predicted molar refractivity (Wildman–Crippen MR) is 217 cm³/mol. The first-order valence-corrected chi connectivity index (χ1v) is 20.7. The molecule has 6 rings (SSSR count). The van der Waals surface area contributed by atoms with Gasteiger partial charge in [-0.3, -0.25) is 24.1 Å². The minimum atomic E-state index is -0.978. The number of hydrogen-bond donors (Lipinski definition) is 4. The van der Waals surface area contributed by atoms with Gasteiger partial charge in [0.1, 0.15) is 5.00 Å². The highest BCUT2D eigenvalue weighted by atomic mass is 32.1. The number of carboxylic acid groups (broad SMARTS) is 2. The minimum Gasteiger partial charge on any atom is -0.481 e. The van der Waals surface area contributed by atoms with Crippen molar-refractivity contribution in [2.45, 2.75) is 96.6 Å². The van der Waals surface area contributed by atoms with Crippen LogP contribution in [-0.4, -0.2) is 75.3 Å². The largest absolute Gasteiger partial charge is 0.481 e. The van der Waals surface area contributed by atoms with Crippen molar-refractivity contribution in [2.24, 2.45) is 5.92 Å². The Labute approximate surface area is 332 Å². The summed E-state index contributed by atoms with van der Waals surface area (Å²) in [7, 11) is 0. The standard InChI is InChI=1S/C44H52N4O7S/c1-2-47(38(49)23-24-39(50)51)25-26-48(35-21-22-35)28-31-9-6-10-33(27-31)41(52)46-43-40(36-11-3-4-12-37(36)56-43)42(53)45-34-19-15-30(16-20-34)8-5-7-29-13-17-32(18-14-29)44(54)55/h6,9-10,13-15,17-20,27,30,35H,2-5,7-8,11-12,16,21-26,28H2,1H3,(H,45,53)(H,46,52)(H,50,51)(H,54,55). The number of rotatable bonds is 19. The Balaban J connectivity index is 1.05. The van der Waals surface area contributed by atoms with Crippen LogP contribution in [0.25, 0.3) is 0 Å². The number of aliphatic carboxylic acids is 1. The SMILES string of the molecule is CCN(CCN(Cc1cccc(C(=O)Nc2sc3c(c2C(=O)NC2=CCC(CCCc4ccc(C(=O)O)cc4)C=C2)CCCC3)c1)C1CC1)C(=O)CCC(=O)O. The number of amides is 3. The molecule has 12 heteroatoms. The van der Waals surface area contributed by atoms with Gasteiger partial charge < -0.3 is 25.7 Å². The number of aryl methyl sites for hydroxylation is 2.